The van der Waals surface area contributed by atoms with Crippen molar-refractivity contribution in [3.8, 4) is 23.0 Å². The number of para-hydroxylation sites is 4. The highest BCUT2D eigenvalue weighted by molar-refractivity contribution is 5.41. The van der Waals surface area contributed by atoms with E-state index in [0.29, 0.717) is 19.8 Å². The highest BCUT2D eigenvalue weighted by Crippen LogP contribution is 2.32. The van der Waals surface area contributed by atoms with Crippen molar-refractivity contribution in [3.63, 3.8) is 0 Å². The van der Waals surface area contributed by atoms with Crippen molar-refractivity contribution in [2.24, 2.45) is 0 Å². The van der Waals surface area contributed by atoms with E-state index >= 15 is 0 Å². The minimum absolute atomic E-state index is 0.0147. The normalized spacial score (nSPS) is 22.7. The molecule has 2 heterocycles. The number of fused-ring (bicyclic) bond motifs is 2. The quantitative estimate of drug-likeness (QED) is 0.935. The average Bonchev–Trinajstić information content (AvgIpc) is 2.65. The summed E-state index contributed by atoms with van der Waals surface area (Å²) in [6.45, 7) is 3.87. The van der Waals surface area contributed by atoms with Gasteiger partial charge in [0.15, 0.2) is 23.0 Å². The Morgan fingerprint density at radius 1 is 0.875 bits per heavy atom. The number of nitrogens with one attached hydrogen (secondary N) is 1. The molecule has 24 heavy (non-hydrogen) atoms. The van der Waals surface area contributed by atoms with Crippen molar-refractivity contribution in [2.45, 2.75) is 25.2 Å². The van der Waals surface area contributed by atoms with Crippen LogP contribution in [0.2, 0.25) is 0 Å². The molecule has 0 saturated heterocycles. The van der Waals surface area contributed by atoms with Crippen LogP contribution in [-0.4, -0.2) is 38.0 Å². The van der Waals surface area contributed by atoms with Crippen LogP contribution in [0.4, 0.5) is 0 Å². The Bertz CT molecular complexity index is 705. The second-order valence-electron chi connectivity index (χ2n) is 6.11. The maximum Gasteiger partial charge on any atom is 0.161 e. The average molecular weight is 327 g/mol. The van der Waals surface area contributed by atoms with E-state index in [1.165, 1.54) is 0 Å². The summed E-state index contributed by atoms with van der Waals surface area (Å²) < 4.78 is 23.5. The molecule has 126 valence electrons. The molecule has 0 aromatic heterocycles. The molecule has 0 amide bonds. The summed E-state index contributed by atoms with van der Waals surface area (Å²) in [5.41, 5.74) is 0. The maximum atomic E-state index is 6.03. The van der Waals surface area contributed by atoms with Gasteiger partial charge in [0.05, 0.1) is 0 Å². The Balaban J connectivity index is 1.31. The standard InChI is InChI=1S/C19H21NO4/c1-13(19-12-22-16-7-3-5-9-18(16)24-19)20-10-14-11-21-15-6-2-4-8-17(15)23-14/h2-9,13-14,19-20H,10-12H2,1H3/t13-,14-,19+/m1/s1. The monoisotopic (exact) mass is 327 g/mol. The Morgan fingerprint density at radius 3 is 2.17 bits per heavy atom. The summed E-state index contributed by atoms with van der Waals surface area (Å²) in [6, 6.07) is 15.6. The molecule has 4 rings (SSSR count). The van der Waals surface area contributed by atoms with E-state index < -0.39 is 0 Å². The van der Waals surface area contributed by atoms with Gasteiger partial charge in [-0.1, -0.05) is 24.3 Å². The zero-order valence-electron chi connectivity index (χ0n) is 13.6. The first kappa shape index (κ1) is 15.1. The number of benzene rings is 2. The molecule has 0 aliphatic carbocycles. The minimum atomic E-state index is -0.0308. The summed E-state index contributed by atoms with van der Waals surface area (Å²) in [6.07, 6.45) is -0.0455. The molecule has 0 fully saturated rings. The fourth-order valence-electron chi connectivity index (χ4n) is 2.89. The molecular weight excluding hydrogens is 306 g/mol. The van der Waals surface area contributed by atoms with Gasteiger partial charge in [0.25, 0.3) is 0 Å². The molecule has 0 bridgehead atoms. The Hall–Kier alpha value is -2.40. The van der Waals surface area contributed by atoms with E-state index in [0.717, 1.165) is 23.0 Å². The van der Waals surface area contributed by atoms with Crippen LogP contribution in [0.25, 0.3) is 0 Å². The maximum absolute atomic E-state index is 6.03. The Kier molecular flexibility index (Phi) is 4.17. The van der Waals surface area contributed by atoms with Gasteiger partial charge >= 0.3 is 0 Å². The number of ether oxygens (including phenoxy) is 4. The molecule has 2 aromatic rings. The zero-order chi connectivity index (χ0) is 16.4. The summed E-state index contributed by atoms with van der Waals surface area (Å²) in [7, 11) is 0. The first-order valence-corrected chi connectivity index (χ1v) is 8.30. The molecular formula is C19H21NO4. The van der Waals surface area contributed by atoms with Crippen LogP contribution in [0.5, 0.6) is 23.0 Å². The van der Waals surface area contributed by atoms with E-state index in [2.05, 4.69) is 12.2 Å². The van der Waals surface area contributed by atoms with E-state index in [1.54, 1.807) is 0 Å². The molecule has 5 heteroatoms. The Labute approximate surface area is 141 Å². The second kappa shape index (κ2) is 6.61. The number of hydrogen-bond donors (Lipinski definition) is 1. The highest BCUT2D eigenvalue weighted by Gasteiger charge is 2.27. The minimum Gasteiger partial charge on any atom is -0.486 e. The van der Waals surface area contributed by atoms with E-state index in [4.69, 9.17) is 18.9 Å². The largest absolute Gasteiger partial charge is 0.486 e. The van der Waals surface area contributed by atoms with Crippen molar-refractivity contribution < 1.29 is 18.9 Å². The zero-order valence-corrected chi connectivity index (χ0v) is 13.6. The van der Waals surface area contributed by atoms with Gasteiger partial charge in [-0.25, -0.2) is 0 Å². The van der Waals surface area contributed by atoms with Crippen LogP contribution >= 0.6 is 0 Å². The van der Waals surface area contributed by atoms with Crippen molar-refractivity contribution >= 4 is 0 Å². The van der Waals surface area contributed by atoms with Gasteiger partial charge in [-0.3, -0.25) is 0 Å². The molecule has 5 nitrogen and oxygen atoms in total. The molecule has 1 N–H and O–H groups in total. The predicted molar refractivity (Wildman–Crippen MR) is 90.2 cm³/mol. The van der Waals surface area contributed by atoms with Gasteiger partial charge < -0.3 is 24.3 Å². The fourth-order valence-corrected chi connectivity index (χ4v) is 2.89. The molecule has 2 aromatic carbocycles. The van der Waals surface area contributed by atoms with Crippen LogP contribution in [0.1, 0.15) is 6.92 Å². The van der Waals surface area contributed by atoms with Crippen molar-refractivity contribution in [1.29, 1.82) is 0 Å². The third-order valence-electron chi connectivity index (χ3n) is 4.32. The highest BCUT2D eigenvalue weighted by atomic mass is 16.6. The van der Waals surface area contributed by atoms with Gasteiger partial charge in [-0.2, -0.15) is 0 Å². The molecule has 3 atom stereocenters. The van der Waals surface area contributed by atoms with Gasteiger partial charge in [0.1, 0.15) is 25.4 Å². The lowest BCUT2D eigenvalue weighted by Gasteiger charge is -2.32. The lowest BCUT2D eigenvalue weighted by atomic mass is 10.1. The second-order valence-corrected chi connectivity index (χ2v) is 6.11. The summed E-state index contributed by atoms with van der Waals surface area (Å²) in [5.74, 6) is 3.21. The topological polar surface area (TPSA) is 49.0 Å². The Morgan fingerprint density at radius 2 is 1.46 bits per heavy atom. The van der Waals surface area contributed by atoms with Crippen molar-refractivity contribution in [1.82, 2.24) is 5.32 Å². The van der Waals surface area contributed by atoms with Crippen LogP contribution < -0.4 is 24.3 Å². The van der Waals surface area contributed by atoms with Crippen LogP contribution in [-0.2, 0) is 0 Å². The molecule has 2 aliphatic rings. The summed E-state index contributed by atoms with van der Waals surface area (Å²) >= 11 is 0. The lowest BCUT2D eigenvalue weighted by molar-refractivity contribution is 0.0533. The summed E-state index contributed by atoms with van der Waals surface area (Å²) in [5, 5.41) is 3.47. The first-order chi connectivity index (χ1) is 11.8. The van der Waals surface area contributed by atoms with Gasteiger partial charge in [-0.05, 0) is 31.2 Å². The first-order valence-electron chi connectivity index (χ1n) is 8.30. The van der Waals surface area contributed by atoms with E-state index in [1.807, 2.05) is 48.5 Å². The third kappa shape index (κ3) is 3.12. The van der Waals surface area contributed by atoms with Crippen molar-refractivity contribution in [2.75, 3.05) is 19.8 Å². The number of hydrogen-bond acceptors (Lipinski definition) is 5. The van der Waals surface area contributed by atoms with Gasteiger partial charge in [-0.15, -0.1) is 0 Å². The fraction of sp³-hybridized carbons (Fsp3) is 0.368. The molecule has 0 saturated carbocycles. The molecule has 0 spiro atoms. The molecule has 2 aliphatic heterocycles. The number of rotatable bonds is 4. The van der Waals surface area contributed by atoms with E-state index in [9.17, 15) is 0 Å². The predicted octanol–water partition coefficient (Wildman–Crippen LogP) is 2.64. The van der Waals surface area contributed by atoms with Gasteiger partial charge in [0.2, 0.25) is 0 Å². The van der Waals surface area contributed by atoms with Crippen molar-refractivity contribution in [3.05, 3.63) is 48.5 Å². The van der Waals surface area contributed by atoms with Crippen LogP contribution in [0.3, 0.4) is 0 Å². The molecule has 0 radical (unpaired) electrons. The van der Waals surface area contributed by atoms with Crippen LogP contribution in [0.15, 0.2) is 48.5 Å². The lowest BCUT2D eigenvalue weighted by Crippen LogP contribution is -2.50. The summed E-state index contributed by atoms with van der Waals surface area (Å²) in [4.78, 5) is 0. The van der Waals surface area contributed by atoms with Gasteiger partial charge in [0, 0.05) is 12.6 Å². The smallest absolute Gasteiger partial charge is 0.161 e. The SMILES string of the molecule is C[C@@H](NC[C@@H]1COc2ccccc2O1)[C@@H]1COc2ccccc2O1. The van der Waals surface area contributed by atoms with Crippen LogP contribution in [0, 0.1) is 0 Å². The molecule has 0 unspecified atom stereocenters. The van der Waals surface area contributed by atoms with E-state index in [-0.39, 0.29) is 18.2 Å². The third-order valence-corrected chi connectivity index (χ3v) is 4.32.